The Labute approximate surface area is 213 Å². The number of nitrogens with zero attached hydrogens (tertiary/aromatic N) is 2. The molecule has 8 heteroatoms. The van der Waals surface area contributed by atoms with Gasteiger partial charge in [0.25, 0.3) is 0 Å². The summed E-state index contributed by atoms with van der Waals surface area (Å²) in [7, 11) is 3.47. The summed E-state index contributed by atoms with van der Waals surface area (Å²) < 4.78 is 5.35. The van der Waals surface area contributed by atoms with Gasteiger partial charge < -0.3 is 20.1 Å². The Balaban J connectivity index is 1.52. The normalized spacial score (nSPS) is 10.5. The van der Waals surface area contributed by atoms with E-state index in [1.165, 1.54) is 6.07 Å². The Kier molecular flexibility index (Phi) is 7.51. The van der Waals surface area contributed by atoms with Gasteiger partial charge >= 0.3 is 5.97 Å². The molecule has 2 N–H and O–H groups in total. The highest BCUT2D eigenvalue weighted by Crippen LogP contribution is 2.26. The highest BCUT2D eigenvalue weighted by Gasteiger charge is 2.17. The molecule has 0 fully saturated rings. The Morgan fingerprint density at radius 2 is 1.72 bits per heavy atom. The molecule has 0 saturated heterocycles. The zero-order chi connectivity index (χ0) is 25.7. The largest absolute Gasteiger partial charge is 0.496 e. The topological polar surface area (TPSA) is 91.8 Å². The first-order valence-electron chi connectivity index (χ1n) is 11.1. The number of methoxy groups -OCH3 is 1. The molecule has 7 nitrogen and oxygen atoms in total. The van der Waals surface area contributed by atoms with Gasteiger partial charge in [-0.2, -0.15) is 0 Å². The van der Waals surface area contributed by atoms with Crippen molar-refractivity contribution in [1.82, 2.24) is 4.98 Å². The van der Waals surface area contributed by atoms with E-state index in [-0.39, 0.29) is 22.6 Å². The number of halogens is 1. The van der Waals surface area contributed by atoms with Crippen LogP contribution in [0.15, 0.2) is 85.1 Å². The van der Waals surface area contributed by atoms with E-state index < -0.39 is 5.97 Å². The first kappa shape index (κ1) is 24.8. The number of anilines is 3. The molecular formula is C28H24ClN3O4. The molecule has 0 radical (unpaired) electrons. The van der Waals surface area contributed by atoms with Crippen LogP contribution in [0.5, 0.6) is 5.75 Å². The number of aromatic nitrogens is 1. The molecule has 0 saturated carbocycles. The first-order valence-corrected chi connectivity index (χ1v) is 11.5. The van der Waals surface area contributed by atoms with Crippen LogP contribution in [-0.2, 0) is 6.54 Å². The lowest BCUT2D eigenvalue weighted by molar-refractivity contribution is 0.0698. The van der Waals surface area contributed by atoms with Crippen molar-refractivity contribution in [2.24, 2.45) is 0 Å². The van der Waals surface area contributed by atoms with Crippen molar-refractivity contribution in [2.45, 2.75) is 6.54 Å². The van der Waals surface area contributed by atoms with Crippen molar-refractivity contribution in [2.75, 3.05) is 24.4 Å². The molecule has 1 heterocycles. The molecule has 0 spiro atoms. The fourth-order valence-corrected chi connectivity index (χ4v) is 3.86. The number of carboxylic acid groups (broad SMARTS) is 1. The number of ether oxygens (including phenoxy) is 1. The summed E-state index contributed by atoms with van der Waals surface area (Å²) in [5.74, 6) is -0.806. The van der Waals surface area contributed by atoms with Crippen LogP contribution < -0.4 is 15.0 Å². The average Bonchev–Trinajstić information content (AvgIpc) is 2.91. The van der Waals surface area contributed by atoms with E-state index in [1.807, 2.05) is 48.3 Å². The number of nitrogens with one attached hydrogen (secondary N) is 1. The van der Waals surface area contributed by atoms with E-state index in [2.05, 4.69) is 10.3 Å². The molecule has 36 heavy (non-hydrogen) atoms. The Morgan fingerprint density at radius 1 is 1.00 bits per heavy atom. The maximum atomic E-state index is 13.1. The van der Waals surface area contributed by atoms with Gasteiger partial charge in [0, 0.05) is 41.1 Å². The van der Waals surface area contributed by atoms with Crippen LogP contribution >= 0.6 is 11.6 Å². The molecule has 0 aliphatic rings. The molecule has 4 aromatic rings. The average molecular weight is 502 g/mol. The van der Waals surface area contributed by atoms with Crippen LogP contribution in [0, 0.1) is 0 Å². The number of carbonyl (C=O) groups excluding carboxylic acids is 1. The number of aromatic carboxylic acids is 1. The van der Waals surface area contributed by atoms with Crippen molar-refractivity contribution < 1.29 is 19.4 Å². The molecule has 0 aliphatic carbocycles. The number of pyridine rings is 1. The summed E-state index contributed by atoms with van der Waals surface area (Å²) in [5, 5.41) is 13.5. The predicted octanol–water partition coefficient (Wildman–Crippen LogP) is 6.05. The van der Waals surface area contributed by atoms with Crippen LogP contribution in [0.1, 0.15) is 32.0 Å². The lowest BCUT2D eigenvalue weighted by Crippen LogP contribution is -2.12. The van der Waals surface area contributed by atoms with Gasteiger partial charge in [0.1, 0.15) is 11.4 Å². The lowest BCUT2D eigenvalue weighted by Gasteiger charge is -2.19. The number of ketones is 1. The Hall–Kier alpha value is -4.36. The second kappa shape index (κ2) is 10.9. The van der Waals surface area contributed by atoms with Gasteiger partial charge in [-0.3, -0.25) is 9.78 Å². The third-order valence-electron chi connectivity index (χ3n) is 5.76. The summed E-state index contributed by atoms with van der Waals surface area (Å²) in [4.78, 5) is 31.2. The molecule has 0 unspecified atom stereocenters. The third-order valence-corrected chi connectivity index (χ3v) is 6.01. The summed E-state index contributed by atoms with van der Waals surface area (Å²) in [6.45, 7) is 0.363. The van der Waals surface area contributed by atoms with Crippen LogP contribution in [0.4, 0.5) is 17.1 Å². The maximum Gasteiger partial charge on any atom is 0.337 e. The van der Waals surface area contributed by atoms with Crippen molar-refractivity contribution >= 4 is 40.4 Å². The highest BCUT2D eigenvalue weighted by molar-refractivity contribution is 6.30. The van der Waals surface area contributed by atoms with Gasteiger partial charge in [-0.25, -0.2) is 4.79 Å². The van der Waals surface area contributed by atoms with E-state index in [0.717, 1.165) is 16.9 Å². The fraction of sp³-hybridized carbons (Fsp3) is 0.107. The number of carboxylic acids is 1. The van der Waals surface area contributed by atoms with E-state index in [0.29, 0.717) is 23.0 Å². The number of benzene rings is 3. The van der Waals surface area contributed by atoms with E-state index in [9.17, 15) is 14.7 Å². The van der Waals surface area contributed by atoms with Crippen LogP contribution in [0.2, 0.25) is 5.02 Å². The number of hydrogen-bond acceptors (Lipinski definition) is 6. The Bertz CT molecular complexity index is 1390. The monoisotopic (exact) mass is 501 g/mol. The first-order chi connectivity index (χ1) is 17.4. The lowest BCUT2D eigenvalue weighted by atomic mass is 10.0. The van der Waals surface area contributed by atoms with Gasteiger partial charge in [0.2, 0.25) is 5.78 Å². The number of hydrogen-bond donors (Lipinski definition) is 2. The molecule has 4 rings (SSSR count). The summed E-state index contributed by atoms with van der Waals surface area (Å²) in [6, 6.07) is 22.8. The highest BCUT2D eigenvalue weighted by atomic mass is 35.5. The second-order valence-corrected chi connectivity index (χ2v) is 8.43. The zero-order valence-corrected chi connectivity index (χ0v) is 20.5. The smallest absolute Gasteiger partial charge is 0.337 e. The number of carbonyl (C=O) groups is 2. The van der Waals surface area contributed by atoms with Gasteiger partial charge in [-0.05, 0) is 60.7 Å². The van der Waals surface area contributed by atoms with E-state index >= 15 is 0 Å². The molecule has 3 aromatic carbocycles. The van der Waals surface area contributed by atoms with Gasteiger partial charge in [-0.15, -0.1) is 0 Å². The maximum absolute atomic E-state index is 13.1. The standard InChI is InChI=1S/C28H24ClN3O4/c1-32(21-10-8-20(29)9-11-21)22-12-14-25(31-17-22)27(33)18-7-13-24(23(15-18)28(34)35)30-16-19-5-3-4-6-26(19)36-2/h3-15,17,30H,16H2,1-2H3,(H,34,35). The zero-order valence-electron chi connectivity index (χ0n) is 19.7. The summed E-state index contributed by atoms with van der Waals surface area (Å²) in [5.41, 5.74) is 3.44. The molecule has 0 amide bonds. The third kappa shape index (κ3) is 5.47. The van der Waals surface area contributed by atoms with Crippen molar-refractivity contribution in [1.29, 1.82) is 0 Å². The SMILES string of the molecule is COc1ccccc1CNc1ccc(C(=O)c2ccc(N(C)c3ccc(Cl)cc3)cn2)cc1C(=O)O. The van der Waals surface area contributed by atoms with E-state index in [4.69, 9.17) is 16.3 Å². The molecule has 1 aromatic heterocycles. The molecule has 182 valence electrons. The minimum atomic E-state index is -1.14. The predicted molar refractivity (Wildman–Crippen MR) is 141 cm³/mol. The minimum Gasteiger partial charge on any atom is -0.496 e. The van der Waals surface area contributed by atoms with Crippen LogP contribution in [0.25, 0.3) is 0 Å². The molecule has 0 atom stereocenters. The van der Waals surface area contributed by atoms with Gasteiger partial charge in [0.05, 0.1) is 24.6 Å². The molecule has 0 bridgehead atoms. The van der Waals surface area contributed by atoms with E-state index in [1.54, 1.807) is 49.7 Å². The quantitative estimate of drug-likeness (QED) is 0.269. The second-order valence-electron chi connectivity index (χ2n) is 8.00. The van der Waals surface area contributed by atoms with Crippen molar-refractivity contribution in [3.63, 3.8) is 0 Å². The molecule has 0 aliphatic heterocycles. The fourth-order valence-electron chi connectivity index (χ4n) is 3.74. The number of rotatable bonds is 9. The van der Waals surface area contributed by atoms with Gasteiger partial charge in [-0.1, -0.05) is 29.8 Å². The minimum absolute atomic E-state index is 0.00478. The molecular weight excluding hydrogens is 478 g/mol. The Morgan fingerprint density at radius 3 is 2.39 bits per heavy atom. The van der Waals surface area contributed by atoms with Gasteiger partial charge in [0.15, 0.2) is 0 Å². The van der Waals surface area contributed by atoms with Crippen molar-refractivity contribution in [3.8, 4) is 5.75 Å². The summed E-state index contributed by atoms with van der Waals surface area (Å²) in [6.07, 6.45) is 1.60. The van der Waals surface area contributed by atoms with Crippen LogP contribution in [0.3, 0.4) is 0 Å². The van der Waals surface area contributed by atoms with Crippen molar-refractivity contribution in [3.05, 3.63) is 112 Å². The number of para-hydroxylation sites is 1. The van der Waals surface area contributed by atoms with Crippen LogP contribution in [-0.4, -0.2) is 36.0 Å². The summed E-state index contributed by atoms with van der Waals surface area (Å²) >= 11 is 5.96.